The summed E-state index contributed by atoms with van der Waals surface area (Å²) in [5, 5.41) is 6.43. The molecule has 2 aromatic rings. The van der Waals surface area contributed by atoms with Crippen molar-refractivity contribution in [2.45, 2.75) is 25.4 Å². The lowest BCUT2D eigenvalue weighted by molar-refractivity contribution is -0.119. The summed E-state index contributed by atoms with van der Waals surface area (Å²) >= 11 is 6.06. The Labute approximate surface area is 197 Å². The van der Waals surface area contributed by atoms with Crippen LogP contribution < -0.4 is 10.6 Å². The summed E-state index contributed by atoms with van der Waals surface area (Å²) in [5.74, 6) is -0.735. The number of halogens is 1. The van der Waals surface area contributed by atoms with E-state index in [1.807, 2.05) is 11.0 Å². The highest BCUT2D eigenvalue weighted by molar-refractivity contribution is 6.47. The van der Waals surface area contributed by atoms with E-state index in [9.17, 15) is 14.4 Å². The molecule has 0 aromatic heterocycles. The van der Waals surface area contributed by atoms with Crippen LogP contribution in [0.5, 0.6) is 0 Å². The Bertz CT molecular complexity index is 1090. The lowest BCUT2D eigenvalue weighted by Gasteiger charge is -2.36. The van der Waals surface area contributed by atoms with Gasteiger partial charge in [-0.25, -0.2) is 4.79 Å². The first-order chi connectivity index (χ1) is 15.9. The molecule has 1 fully saturated rings. The second-order valence-electron chi connectivity index (χ2n) is 8.08. The zero-order chi connectivity index (χ0) is 23.4. The van der Waals surface area contributed by atoms with Crippen LogP contribution in [0, 0.1) is 0 Å². The van der Waals surface area contributed by atoms with Crippen LogP contribution in [-0.2, 0) is 14.3 Å². The Morgan fingerprint density at radius 1 is 1.18 bits per heavy atom. The number of rotatable bonds is 6. The highest BCUT2D eigenvalue weighted by Crippen LogP contribution is 2.29. The van der Waals surface area contributed by atoms with Gasteiger partial charge in [0, 0.05) is 42.2 Å². The second-order valence-corrected chi connectivity index (χ2v) is 8.52. The lowest BCUT2D eigenvalue weighted by atomic mass is 9.98. The van der Waals surface area contributed by atoms with Gasteiger partial charge in [-0.2, -0.15) is 0 Å². The predicted molar refractivity (Wildman–Crippen MR) is 126 cm³/mol. The molecule has 2 amide bonds. The minimum absolute atomic E-state index is 0.145. The monoisotopic (exact) mass is 468 g/mol. The molecule has 0 unspecified atom stereocenters. The molecule has 0 saturated carbocycles. The maximum absolute atomic E-state index is 12.5. The van der Waals surface area contributed by atoms with Gasteiger partial charge in [0.2, 0.25) is 5.91 Å². The van der Waals surface area contributed by atoms with E-state index in [-0.39, 0.29) is 18.4 Å². The van der Waals surface area contributed by atoms with Crippen LogP contribution in [0.4, 0.5) is 5.69 Å². The van der Waals surface area contributed by atoms with Crippen LogP contribution in [0.1, 0.15) is 35.7 Å². The maximum atomic E-state index is 12.5. The third-order valence-corrected chi connectivity index (χ3v) is 5.95. The van der Waals surface area contributed by atoms with Gasteiger partial charge in [-0.3, -0.25) is 19.5 Å². The van der Waals surface area contributed by atoms with Crippen molar-refractivity contribution in [1.82, 2.24) is 10.2 Å². The molecule has 0 atom stereocenters. The average molecular weight is 469 g/mol. The summed E-state index contributed by atoms with van der Waals surface area (Å²) in [6.07, 6.45) is 1.23. The van der Waals surface area contributed by atoms with Gasteiger partial charge >= 0.3 is 5.97 Å². The van der Waals surface area contributed by atoms with Crippen LogP contribution >= 0.6 is 11.6 Å². The molecule has 4 rings (SSSR count). The number of nitrogens with zero attached hydrogens (tertiary/aromatic N) is 2. The maximum Gasteiger partial charge on any atom is 0.338 e. The number of ether oxygens (including phenoxy) is 1. The molecule has 2 aliphatic heterocycles. The van der Waals surface area contributed by atoms with E-state index in [4.69, 9.17) is 21.3 Å². The highest BCUT2D eigenvalue weighted by Gasteiger charge is 2.42. The van der Waals surface area contributed by atoms with E-state index in [0.717, 1.165) is 0 Å². The summed E-state index contributed by atoms with van der Waals surface area (Å²) in [5.41, 5.74) is 1.51. The quantitative estimate of drug-likeness (QED) is 0.635. The molecule has 1 spiro atoms. The van der Waals surface area contributed by atoms with E-state index >= 15 is 0 Å². The van der Waals surface area contributed by atoms with Crippen LogP contribution in [0.3, 0.4) is 0 Å². The van der Waals surface area contributed by atoms with E-state index in [1.165, 1.54) is 0 Å². The molecule has 1 saturated heterocycles. The van der Waals surface area contributed by atoms with Gasteiger partial charge in [0.15, 0.2) is 0 Å². The fourth-order valence-corrected chi connectivity index (χ4v) is 4.21. The van der Waals surface area contributed by atoms with Crippen molar-refractivity contribution < 1.29 is 19.1 Å². The minimum atomic E-state index is -0.634. The van der Waals surface area contributed by atoms with Crippen LogP contribution in [-0.4, -0.2) is 60.3 Å². The second kappa shape index (κ2) is 9.72. The van der Waals surface area contributed by atoms with Gasteiger partial charge in [0.25, 0.3) is 5.91 Å². The number of aliphatic imine (C=N–C) groups is 1. The smallest absolute Gasteiger partial charge is 0.338 e. The molecule has 0 aliphatic carbocycles. The molecule has 33 heavy (non-hydrogen) atoms. The molecule has 9 heteroatoms. The molecule has 2 heterocycles. The first-order valence-corrected chi connectivity index (χ1v) is 11.2. The fourth-order valence-electron chi connectivity index (χ4n) is 4.02. The van der Waals surface area contributed by atoms with E-state index in [0.29, 0.717) is 60.1 Å². The summed E-state index contributed by atoms with van der Waals surface area (Å²) in [6, 6.07) is 13.7. The number of likely N-dealkylation sites (tertiary alicyclic amines) is 1. The first kappa shape index (κ1) is 22.9. The van der Waals surface area contributed by atoms with Crippen molar-refractivity contribution in [2.24, 2.45) is 4.99 Å². The molecule has 2 N–H and O–H groups in total. The molecule has 0 radical (unpaired) electrons. The Morgan fingerprint density at radius 3 is 2.58 bits per heavy atom. The van der Waals surface area contributed by atoms with Crippen molar-refractivity contribution >= 4 is 40.8 Å². The molecule has 2 aliphatic rings. The normalized spacial score (nSPS) is 17.4. The Kier molecular flexibility index (Phi) is 6.76. The van der Waals surface area contributed by atoms with Gasteiger partial charge in [-0.1, -0.05) is 23.7 Å². The largest absolute Gasteiger partial charge is 0.462 e. The number of anilines is 1. The lowest BCUT2D eigenvalue weighted by Crippen LogP contribution is -2.52. The summed E-state index contributed by atoms with van der Waals surface area (Å²) in [4.78, 5) is 43.5. The van der Waals surface area contributed by atoms with E-state index < -0.39 is 11.6 Å². The number of esters is 1. The number of piperidine rings is 1. The van der Waals surface area contributed by atoms with Gasteiger partial charge in [-0.15, -0.1) is 0 Å². The Hall–Kier alpha value is -3.23. The van der Waals surface area contributed by atoms with Crippen molar-refractivity contribution in [1.29, 1.82) is 0 Å². The average Bonchev–Trinajstić information content (AvgIpc) is 3.12. The highest BCUT2D eigenvalue weighted by atomic mass is 35.5. The molecule has 172 valence electrons. The zero-order valence-corrected chi connectivity index (χ0v) is 19.0. The van der Waals surface area contributed by atoms with E-state index in [1.54, 1.807) is 49.4 Å². The van der Waals surface area contributed by atoms with Crippen LogP contribution in [0.25, 0.3) is 0 Å². The minimum Gasteiger partial charge on any atom is -0.462 e. The van der Waals surface area contributed by atoms with E-state index in [2.05, 4.69) is 10.6 Å². The SMILES string of the molecule is CCOC(=O)c1ccc(NC(=O)CN2CCC3(CC2)N=C(c2cccc(Cl)c2)C(=O)N3)cc1. The zero-order valence-electron chi connectivity index (χ0n) is 18.3. The molecule has 8 nitrogen and oxygen atoms in total. The van der Waals surface area contributed by atoms with Gasteiger partial charge < -0.3 is 15.4 Å². The third kappa shape index (κ3) is 5.40. The summed E-state index contributed by atoms with van der Waals surface area (Å²) in [6.45, 7) is 3.55. The molecule has 2 aromatic carbocycles. The number of hydrogen-bond acceptors (Lipinski definition) is 6. The third-order valence-electron chi connectivity index (χ3n) is 5.72. The standard InChI is InChI=1S/C24H25ClN4O4/c1-2-33-23(32)16-6-8-19(9-7-16)26-20(30)15-29-12-10-24(11-13-29)27-21(22(31)28-24)17-4-3-5-18(25)14-17/h3-9,14H,2,10-13,15H2,1H3,(H,26,30)(H,28,31). The summed E-state index contributed by atoms with van der Waals surface area (Å²) in [7, 11) is 0. The fraction of sp³-hybridized carbons (Fsp3) is 0.333. The molecular formula is C24H25ClN4O4. The van der Waals surface area contributed by atoms with Crippen LogP contribution in [0.15, 0.2) is 53.5 Å². The van der Waals surface area contributed by atoms with Crippen molar-refractivity contribution in [3.8, 4) is 0 Å². The predicted octanol–water partition coefficient (Wildman–Crippen LogP) is 2.87. The molecule has 0 bridgehead atoms. The molecular weight excluding hydrogens is 444 g/mol. The number of carbonyl (C=O) groups is 3. The number of amides is 2. The van der Waals surface area contributed by atoms with Crippen molar-refractivity contribution in [2.75, 3.05) is 31.6 Å². The summed E-state index contributed by atoms with van der Waals surface area (Å²) < 4.78 is 4.96. The topological polar surface area (TPSA) is 100 Å². The van der Waals surface area contributed by atoms with Crippen molar-refractivity contribution in [3.05, 3.63) is 64.7 Å². The van der Waals surface area contributed by atoms with Gasteiger partial charge in [-0.05, 0) is 43.3 Å². The number of benzene rings is 2. The van der Waals surface area contributed by atoms with Crippen molar-refractivity contribution in [3.63, 3.8) is 0 Å². The number of nitrogens with one attached hydrogen (secondary N) is 2. The number of hydrogen-bond donors (Lipinski definition) is 2. The van der Waals surface area contributed by atoms with Gasteiger partial charge in [0.1, 0.15) is 11.4 Å². The van der Waals surface area contributed by atoms with Gasteiger partial charge in [0.05, 0.1) is 18.7 Å². The number of carbonyl (C=O) groups excluding carboxylic acids is 3. The van der Waals surface area contributed by atoms with Crippen LogP contribution in [0.2, 0.25) is 5.02 Å². The Balaban J connectivity index is 1.31. The Morgan fingerprint density at radius 2 is 1.91 bits per heavy atom. The first-order valence-electron chi connectivity index (χ1n) is 10.9.